The van der Waals surface area contributed by atoms with Crippen molar-refractivity contribution in [2.45, 2.75) is 51.1 Å². The smallest absolute Gasteiger partial charge is 0.251 e. The van der Waals surface area contributed by atoms with Crippen LogP contribution in [0.2, 0.25) is 0 Å². The Morgan fingerprint density at radius 3 is 2.83 bits per heavy atom. The number of fused-ring (bicyclic) bond motifs is 1. The van der Waals surface area contributed by atoms with Gasteiger partial charge in [-0.3, -0.25) is 24.4 Å². The minimum atomic E-state index is -0.138. The molecule has 5 rings (SSSR count). The average molecular weight is 406 g/mol. The van der Waals surface area contributed by atoms with E-state index in [1.165, 1.54) is 5.56 Å². The third kappa shape index (κ3) is 3.69. The summed E-state index contributed by atoms with van der Waals surface area (Å²) in [4.78, 5) is 39.2. The highest BCUT2D eigenvalue weighted by atomic mass is 16.7. The summed E-state index contributed by atoms with van der Waals surface area (Å²) in [5, 5.41) is 4.42. The molecular weight excluding hydrogens is 380 g/mol. The van der Waals surface area contributed by atoms with Crippen LogP contribution in [0.5, 0.6) is 0 Å². The molecule has 1 N–H and O–H groups in total. The van der Waals surface area contributed by atoms with Crippen LogP contribution in [0.25, 0.3) is 0 Å². The van der Waals surface area contributed by atoms with E-state index in [0.717, 1.165) is 55.3 Å². The molecule has 2 aromatic rings. The van der Waals surface area contributed by atoms with E-state index in [0.29, 0.717) is 19.1 Å². The van der Waals surface area contributed by atoms with Gasteiger partial charge in [-0.05, 0) is 55.2 Å². The van der Waals surface area contributed by atoms with Crippen molar-refractivity contribution < 1.29 is 14.4 Å². The number of carbonyl (C=O) groups is 2. The number of hydroxylamine groups is 2. The maximum Gasteiger partial charge on any atom is 0.251 e. The summed E-state index contributed by atoms with van der Waals surface area (Å²) in [6.45, 7) is 1.17. The maximum atomic E-state index is 13.1. The molecule has 2 amide bonds. The molecule has 2 fully saturated rings. The first-order valence-corrected chi connectivity index (χ1v) is 10.8. The Morgan fingerprint density at radius 1 is 1.17 bits per heavy atom. The standard InChI is InChI=1S/C23H26N4O3/c28-22-19-12-16(3-6-18(19)13-26-22)11-15-1-4-17(5-2-15)23(29)27-21(7-10-30-27)20-14-24-8-9-25-20/h3,6,8-9,12,14-15,17,21H,1-2,4-5,7,10-11,13H2,(H,26,28)/t15-,17-,21-/m0/s1. The molecule has 1 atom stereocenters. The van der Waals surface area contributed by atoms with Gasteiger partial charge in [-0.25, -0.2) is 5.06 Å². The number of carbonyl (C=O) groups excluding carboxylic acids is 2. The normalized spacial score (nSPS) is 25.8. The summed E-state index contributed by atoms with van der Waals surface area (Å²) < 4.78 is 0. The van der Waals surface area contributed by atoms with Crippen molar-refractivity contribution in [3.05, 3.63) is 59.2 Å². The van der Waals surface area contributed by atoms with Crippen LogP contribution in [0.3, 0.4) is 0 Å². The highest BCUT2D eigenvalue weighted by molar-refractivity contribution is 5.98. The van der Waals surface area contributed by atoms with Crippen molar-refractivity contribution in [2.75, 3.05) is 6.61 Å². The lowest BCUT2D eigenvalue weighted by Gasteiger charge is -2.31. The van der Waals surface area contributed by atoms with Crippen molar-refractivity contribution in [3.63, 3.8) is 0 Å². The Balaban J connectivity index is 1.18. The summed E-state index contributed by atoms with van der Waals surface area (Å²) in [6, 6.07) is 6.11. The molecule has 0 unspecified atom stereocenters. The van der Waals surface area contributed by atoms with Crippen molar-refractivity contribution >= 4 is 11.8 Å². The third-order valence-corrected chi connectivity index (χ3v) is 6.63. The number of amides is 2. The molecule has 3 aliphatic rings. The van der Waals surface area contributed by atoms with Gasteiger partial charge in [-0.2, -0.15) is 0 Å². The molecule has 3 heterocycles. The lowest BCUT2D eigenvalue weighted by molar-refractivity contribution is -0.183. The first kappa shape index (κ1) is 19.2. The van der Waals surface area contributed by atoms with Crippen LogP contribution in [-0.2, 0) is 22.6 Å². The van der Waals surface area contributed by atoms with Crippen molar-refractivity contribution in [3.8, 4) is 0 Å². The number of benzene rings is 1. The van der Waals surface area contributed by atoms with E-state index in [4.69, 9.17) is 4.84 Å². The van der Waals surface area contributed by atoms with Crippen LogP contribution in [0, 0.1) is 11.8 Å². The SMILES string of the molecule is O=C1NCc2ccc(C[C@H]3CC[C@H](C(=O)N4OCC[C@H]4c4cnccn4)CC3)cc21. The highest BCUT2D eigenvalue weighted by Gasteiger charge is 2.38. The summed E-state index contributed by atoms with van der Waals surface area (Å²) in [5.74, 6) is 0.663. The average Bonchev–Trinajstić information content (AvgIpc) is 3.42. The fraction of sp³-hybridized carbons (Fsp3) is 0.478. The van der Waals surface area contributed by atoms with Crippen molar-refractivity contribution in [2.24, 2.45) is 11.8 Å². The summed E-state index contributed by atoms with van der Waals surface area (Å²) in [6.07, 6.45) is 10.5. The van der Waals surface area contributed by atoms with Crippen molar-refractivity contribution in [1.82, 2.24) is 20.3 Å². The fourth-order valence-electron chi connectivity index (χ4n) is 4.95. The molecule has 0 bridgehead atoms. The highest BCUT2D eigenvalue weighted by Crippen LogP contribution is 2.36. The fourth-order valence-corrected chi connectivity index (χ4v) is 4.95. The minimum absolute atomic E-state index is 0.00400. The van der Waals surface area contributed by atoms with Crippen LogP contribution >= 0.6 is 0 Å². The van der Waals surface area contributed by atoms with Gasteiger partial charge < -0.3 is 5.32 Å². The zero-order chi connectivity index (χ0) is 20.5. The number of aromatic nitrogens is 2. The molecule has 1 aromatic heterocycles. The van der Waals surface area contributed by atoms with Gasteiger partial charge in [-0.1, -0.05) is 12.1 Å². The van der Waals surface area contributed by atoms with Crippen LogP contribution in [0.4, 0.5) is 0 Å². The van der Waals surface area contributed by atoms with E-state index in [1.807, 2.05) is 6.07 Å². The molecule has 1 aromatic carbocycles. The minimum Gasteiger partial charge on any atom is -0.348 e. The van der Waals surface area contributed by atoms with E-state index >= 15 is 0 Å². The molecule has 7 heteroatoms. The topological polar surface area (TPSA) is 84.4 Å². The number of hydrogen-bond acceptors (Lipinski definition) is 5. The van der Waals surface area contributed by atoms with E-state index in [9.17, 15) is 9.59 Å². The lowest BCUT2D eigenvalue weighted by atomic mass is 9.78. The molecule has 7 nitrogen and oxygen atoms in total. The Hall–Kier alpha value is -2.80. The predicted octanol–water partition coefficient (Wildman–Crippen LogP) is 2.97. The first-order chi connectivity index (χ1) is 14.7. The monoisotopic (exact) mass is 406 g/mol. The second kappa shape index (κ2) is 8.14. The van der Waals surface area contributed by atoms with Gasteiger partial charge in [-0.15, -0.1) is 0 Å². The summed E-state index contributed by atoms with van der Waals surface area (Å²) in [5.41, 5.74) is 3.91. The zero-order valence-corrected chi connectivity index (χ0v) is 16.9. The Labute approximate surface area is 175 Å². The van der Waals surface area contributed by atoms with E-state index in [1.54, 1.807) is 23.7 Å². The number of nitrogens with one attached hydrogen (secondary N) is 1. The third-order valence-electron chi connectivity index (χ3n) is 6.63. The second-order valence-corrected chi connectivity index (χ2v) is 8.53. The van der Waals surface area contributed by atoms with Gasteiger partial charge in [0.1, 0.15) is 6.04 Å². The molecule has 2 aliphatic heterocycles. The molecule has 156 valence electrons. The van der Waals surface area contributed by atoms with E-state index < -0.39 is 0 Å². The lowest BCUT2D eigenvalue weighted by Crippen LogP contribution is -2.37. The second-order valence-electron chi connectivity index (χ2n) is 8.53. The van der Waals surface area contributed by atoms with Gasteiger partial charge in [0.25, 0.3) is 5.91 Å². The molecule has 30 heavy (non-hydrogen) atoms. The van der Waals surface area contributed by atoms with E-state index in [-0.39, 0.29) is 23.8 Å². The zero-order valence-electron chi connectivity index (χ0n) is 16.9. The van der Waals surface area contributed by atoms with Crippen LogP contribution in [0.1, 0.15) is 65.3 Å². The first-order valence-electron chi connectivity index (χ1n) is 10.8. The number of rotatable bonds is 4. The van der Waals surface area contributed by atoms with Crippen LogP contribution < -0.4 is 5.32 Å². The van der Waals surface area contributed by atoms with Crippen LogP contribution in [-0.4, -0.2) is 33.5 Å². The largest absolute Gasteiger partial charge is 0.348 e. The van der Waals surface area contributed by atoms with Gasteiger partial charge in [0.2, 0.25) is 5.91 Å². The molecular formula is C23H26N4O3. The van der Waals surface area contributed by atoms with Gasteiger partial charge in [0, 0.05) is 36.8 Å². The summed E-state index contributed by atoms with van der Waals surface area (Å²) >= 11 is 0. The van der Waals surface area contributed by atoms with Crippen LogP contribution in [0.15, 0.2) is 36.8 Å². The quantitative estimate of drug-likeness (QED) is 0.844. The number of hydrogen-bond donors (Lipinski definition) is 1. The van der Waals surface area contributed by atoms with E-state index in [2.05, 4.69) is 27.4 Å². The molecule has 0 radical (unpaired) electrons. The van der Waals surface area contributed by atoms with Gasteiger partial charge >= 0.3 is 0 Å². The Kier molecular flexibility index (Phi) is 5.21. The van der Waals surface area contributed by atoms with Crippen molar-refractivity contribution in [1.29, 1.82) is 0 Å². The maximum absolute atomic E-state index is 13.1. The summed E-state index contributed by atoms with van der Waals surface area (Å²) in [7, 11) is 0. The molecule has 1 saturated heterocycles. The molecule has 1 aliphatic carbocycles. The number of nitrogens with zero attached hydrogens (tertiary/aromatic N) is 3. The van der Waals surface area contributed by atoms with Gasteiger partial charge in [0.05, 0.1) is 18.5 Å². The van der Waals surface area contributed by atoms with Gasteiger partial charge in [0.15, 0.2) is 0 Å². The predicted molar refractivity (Wildman–Crippen MR) is 109 cm³/mol. The Bertz CT molecular complexity index is 941. The molecule has 0 spiro atoms. The Morgan fingerprint density at radius 2 is 2.03 bits per heavy atom. The molecule has 1 saturated carbocycles.